The number of hydrogen-bond donors (Lipinski definition) is 2. The predicted molar refractivity (Wildman–Crippen MR) is 95.2 cm³/mol. The fourth-order valence-electron chi connectivity index (χ4n) is 3.24. The highest BCUT2D eigenvalue weighted by atomic mass is 16.5. The quantitative estimate of drug-likeness (QED) is 0.883. The summed E-state index contributed by atoms with van der Waals surface area (Å²) in [6, 6.07) is 17.7. The zero-order valence-electron chi connectivity index (χ0n) is 13.8. The van der Waals surface area contributed by atoms with Gasteiger partial charge in [0.15, 0.2) is 0 Å². The van der Waals surface area contributed by atoms with Crippen LogP contribution in [0.3, 0.4) is 0 Å². The number of nitrogens with one attached hydrogen (secondary N) is 1. The molecule has 0 aromatic heterocycles. The molecule has 5 heteroatoms. The van der Waals surface area contributed by atoms with E-state index in [0.29, 0.717) is 18.0 Å². The Kier molecular flexibility index (Phi) is 5.13. The molecule has 0 saturated carbocycles. The Labute approximate surface area is 142 Å². The van der Waals surface area contributed by atoms with Gasteiger partial charge in [-0.3, -0.25) is 9.69 Å². The third kappa shape index (κ3) is 3.75. The van der Waals surface area contributed by atoms with E-state index in [-0.39, 0.29) is 17.9 Å². The average molecular weight is 325 g/mol. The second kappa shape index (κ2) is 7.47. The highest BCUT2D eigenvalue weighted by Gasteiger charge is 2.32. The Morgan fingerprint density at radius 2 is 1.88 bits per heavy atom. The fourth-order valence-corrected chi connectivity index (χ4v) is 3.24. The molecule has 5 nitrogen and oxygen atoms in total. The van der Waals surface area contributed by atoms with Crippen LogP contribution in [0.25, 0.3) is 0 Å². The van der Waals surface area contributed by atoms with Crippen LogP contribution in [0.15, 0.2) is 54.6 Å². The Bertz CT molecular complexity index is 690. The van der Waals surface area contributed by atoms with Crippen LogP contribution in [-0.4, -0.2) is 43.6 Å². The van der Waals surface area contributed by atoms with Crippen molar-refractivity contribution in [3.63, 3.8) is 0 Å². The van der Waals surface area contributed by atoms with E-state index in [1.54, 1.807) is 7.11 Å². The van der Waals surface area contributed by atoms with Crippen molar-refractivity contribution in [2.45, 2.75) is 12.0 Å². The SMILES string of the molecule is COc1ccccc1NC(=O)CN1C[C@@H](N)[C@H](c2ccccc2)C1. The molecule has 1 aliphatic heterocycles. The van der Waals surface area contributed by atoms with Crippen LogP contribution in [0.1, 0.15) is 11.5 Å². The normalized spacial score (nSPS) is 20.8. The molecule has 1 amide bonds. The lowest BCUT2D eigenvalue weighted by atomic mass is 9.95. The highest BCUT2D eigenvalue weighted by molar-refractivity contribution is 5.93. The minimum atomic E-state index is -0.0552. The summed E-state index contributed by atoms with van der Waals surface area (Å²) in [5.74, 6) is 0.872. The van der Waals surface area contributed by atoms with Gasteiger partial charge in [0.2, 0.25) is 5.91 Å². The second-order valence-electron chi connectivity index (χ2n) is 6.12. The first-order valence-corrected chi connectivity index (χ1v) is 8.13. The van der Waals surface area contributed by atoms with Crippen LogP contribution in [0, 0.1) is 0 Å². The predicted octanol–water partition coefficient (Wildman–Crippen LogP) is 2.06. The molecule has 2 aromatic carbocycles. The van der Waals surface area contributed by atoms with Gasteiger partial charge in [-0.05, 0) is 17.7 Å². The number of carbonyl (C=O) groups is 1. The van der Waals surface area contributed by atoms with E-state index in [1.165, 1.54) is 5.56 Å². The van der Waals surface area contributed by atoms with Gasteiger partial charge >= 0.3 is 0 Å². The molecule has 1 aliphatic rings. The number of para-hydroxylation sites is 2. The summed E-state index contributed by atoms with van der Waals surface area (Å²) in [6.45, 7) is 1.85. The topological polar surface area (TPSA) is 67.6 Å². The van der Waals surface area contributed by atoms with E-state index < -0.39 is 0 Å². The van der Waals surface area contributed by atoms with Crippen molar-refractivity contribution in [3.8, 4) is 5.75 Å². The lowest BCUT2D eigenvalue weighted by Crippen LogP contribution is -2.33. The molecule has 3 rings (SSSR count). The number of likely N-dealkylation sites (tertiary alicyclic amines) is 1. The van der Waals surface area contributed by atoms with Gasteiger partial charge < -0.3 is 15.8 Å². The van der Waals surface area contributed by atoms with Gasteiger partial charge in [-0.15, -0.1) is 0 Å². The standard InChI is InChI=1S/C19H23N3O2/c1-24-18-10-6-5-9-17(18)21-19(23)13-22-11-15(16(20)12-22)14-7-3-2-4-8-14/h2-10,15-16H,11-13,20H2,1H3,(H,21,23)/t15-,16+/m0/s1. The number of ether oxygens (including phenoxy) is 1. The largest absolute Gasteiger partial charge is 0.495 e. The number of rotatable bonds is 5. The van der Waals surface area contributed by atoms with E-state index in [2.05, 4.69) is 22.3 Å². The molecule has 126 valence electrons. The number of hydrogen-bond acceptors (Lipinski definition) is 4. The highest BCUT2D eigenvalue weighted by Crippen LogP contribution is 2.27. The number of nitrogens with two attached hydrogens (primary N) is 1. The average Bonchev–Trinajstić information content (AvgIpc) is 2.96. The third-order valence-electron chi connectivity index (χ3n) is 4.42. The van der Waals surface area contributed by atoms with Crippen molar-refractivity contribution < 1.29 is 9.53 Å². The molecule has 2 aromatic rings. The molecule has 1 fully saturated rings. The Hall–Kier alpha value is -2.37. The zero-order valence-corrected chi connectivity index (χ0v) is 13.8. The van der Waals surface area contributed by atoms with Gasteiger partial charge in [-0.2, -0.15) is 0 Å². The van der Waals surface area contributed by atoms with Crippen LogP contribution in [0.4, 0.5) is 5.69 Å². The molecule has 0 radical (unpaired) electrons. The minimum Gasteiger partial charge on any atom is -0.495 e. The number of methoxy groups -OCH3 is 1. The van der Waals surface area contributed by atoms with Gasteiger partial charge in [0.1, 0.15) is 5.75 Å². The maximum absolute atomic E-state index is 12.3. The summed E-state index contributed by atoms with van der Waals surface area (Å²) < 4.78 is 5.26. The van der Waals surface area contributed by atoms with Gasteiger partial charge in [-0.25, -0.2) is 0 Å². The molecular formula is C19H23N3O2. The minimum absolute atomic E-state index is 0.0476. The van der Waals surface area contributed by atoms with Crippen molar-refractivity contribution in [1.82, 2.24) is 4.90 Å². The first-order valence-electron chi connectivity index (χ1n) is 8.13. The van der Waals surface area contributed by atoms with Crippen LogP contribution < -0.4 is 15.8 Å². The van der Waals surface area contributed by atoms with E-state index in [9.17, 15) is 4.79 Å². The summed E-state index contributed by atoms with van der Waals surface area (Å²) in [4.78, 5) is 14.4. The van der Waals surface area contributed by atoms with Gasteiger partial charge in [0.25, 0.3) is 0 Å². The molecule has 1 saturated heterocycles. The van der Waals surface area contributed by atoms with E-state index in [4.69, 9.17) is 10.5 Å². The van der Waals surface area contributed by atoms with Gasteiger partial charge in [0.05, 0.1) is 19.3 Å². The van der Waals surface area contributed by atoms with Crippen molar-refractivity contribution >= 4 is 11.6 Å². The number of carbonyl (C=O) groups excluding carboxylic acids is 1. The molecule has 0 bridgehead atoms. The zero-order chi connectivity index (χ0) is 16.9. The number of anilines is 1. The lowest BCUT2D eigenvalue weighted by Gasteiger charge is -2.16. The Balaban J connectivity index is 1.60. The number of amides is 1. The molecular weight excluding hydrogens is 302 g/mol. The molecule has 3 N–H and O–H groups in total. The molecule has 1 heterocycles. The first-order chi connectivity index (χ1) is 11.7. The van der Waals surface area contributed by atoms with E-state index in [1.807, 2.05) is 42.5 Å². The van der Waals surface area contributed by atoms with Crippen LogP contribution >= 0.6 is 0 Å². The smallest absolute Gasteiger partial charge is 0.238 e. The second-order valence-corrected chi connectivity index (χ2v) is 6.12. The lowest BCUT2D eigenvalue weighted by molar-refractivity contribution is -0.117. The monoisotopic (exact) mass is 325 g/mol. The Morgan fingerprint density at radius 3 is 2.62 bits per heavy atom. The summed E-state index contributed by atoms with van der Waals surface area (Å²) in [7, 11) is 1.59. The van der Waals surface area contributed by atoms with Crippen molar-refractivity contribution in [1.29, 1.82) is 0 Å². The maximum Gasteiger partial charge on any atom is 0.238 e. The third-order valence-corrected chi connectivity index (χ3v) is 4.42. The Morgan fingerprint density at radius 1 is 1.17 bits per heavy atom. The van der Waals surface area contributed by atoms with E-state index in [0.717, 1.165) is 13.1 Å². The first kappa shape index (κ1) is 16.5. The molecule has 2 atom stereocenters. The molecule has 0 aliphatic carbocycles. The summed E-state index contributed by atoms with van der Waals surface area (Å²) in [5, 5.41) is 2.91. The molecule has 24 heavy (non-hydrogen) atoms. The van der Waals surface area contributed by atoms with Crippen molar-refractivity contribution in [3.05, 3.63) is 60.2 Å². The number of benzene rings is 2. The molecule has 0 spiro atoms. The summed E-state index contributed by atoms with van der Waals surface area (Å²) in [5.41, 5.74) is 8.20. The van der Waals surface area contributed by atoms with E-state index >= 15 is 0 Å². The van der Waals surface area contributed by atoms with Gasteiger partial charge in [0, 0.05) is 25.0 Å². The van der Waals surface area contributed by atoms with Gasteiger partial charge in [-0.1, -0.05) is 42.5 Å². The molecule has 0 unspecified atom stereocenters. The van der Waals surface area contributed by atoms with Crippen LogP contribution in [-0.2, 0) is 4.79 Å². The maximum atomic E-state index is 12.3. The summed E-state index contributed by atoms with van der Waals surface area (Å²) in [6.07, 6.45) is 0. The van der Waals surface area contributed by atoms with Crippen LogP contribution in [0.2, 0.25) is 0 Å². The van der Waals surface area contributed by atoms with Crippen molar-refractivity contribution in [2.24, 2.45) is 5.73 Å². The summed E-state index contributed by atoms with van der Waals surface area (Å²) >= 11 is 0. The number of nitrogens with zero attached hydrogens (tertiary/aromatic N) is 1. The van der Waals surface area contributed by atoms with Crippen molar-refractivity contribution in [2.75, 3.05) is 32.1 Å². The fraction of sp³-hybridized carbons (Fsp3) is 0.316. The van der Waals surface area contributed by atoms with Crippen LogP contribution in [0.5, 0.6) is 5.75 Å².